The van der Waals surface area contributed by atoms with Gasteiger partial charge in [-0.05, 0) is 123 Å². The first kappa shape index (κ1) is 55.7. The molecule has 406 valence electrons. The molecule has 0 spiro atoms. The molecule has 29 heteroatoms. The van der Waals surface area contributed by atoms with E-state index in [0.717, 1.165) is 52.5 Å². The lowest BCUT2D eigenvalue weighted by Crippen LogP contribution is -2.89. The maximum Gasteiger partial charge on any atom is 0.395 e. The molecule has 0 aliphatic heterocycles. The monoisotopic (exact) mass is 1150 g/mol. The van der Waals surface area contributed by atoms with Crippen molar-refractivity contribution in [2.24, 2.45) is 0 Å². The zero-order valence-corrected chi connectivity index (χ0v) is 39.3. The summed E-state index contributed by atoms with van der Waals surface area (Å²) in [5.41, 5.74) is -1.93. The lowest BCUT2D eigenvalue weighted by molar-refractivity contribution is -0.527. The lowest BCUT2D eigenvalue weighted by atomic mass is 9.76. The van der Waals surface area contributed by atoms with E-state index in [1.807, 2.05) is 0 Å². The zero-order chi connectivity index (χ0) is 55.5. The molecule has 7 atom stereocenters. The van der Waals surface area contributed by atoms with Crippen LogP contribution >= 0.6 is 15.9 Å². The van der Waals surface area contributed by atoms with Crippen molar-refractivity contribution in [1.29, 1.82) is 0 Å². The number of benzene rings is 4. The maximum atomic E-state index is 16.5. The van der Waals surface area contributed by atoms with Gasteiger partial charge in [-0.15, -0.1) is 0 Å². The van der Waals surface area contributed by atoms with Gasteiger partial charge in [0.1, 0.15) is 50.3 Å². The number of halogens is 19. The van der Waals surface area contributed by atoms with Gasteiger partial charge in [0.2, 0.25) is 0 Å². The number of hydrogen-bond acceptors (Lipinski definition) is 10. The second-order valence-corrected chi connectivity index (χ2v) is 18.6. The Kier molecular flexibility index (Phi) is 13.0. The van der Waals surface area contributed by atoms with Crippen LogP contribution in [0.3, 0.4) is 0 Å². The van der Waals surface area contributed by atoms with Gasteiger partial charge in [0.05, 0.1) is 21.3 Å². The van der Waals surface area contributed by atoms with Gasteiger partial charge < -0.3 is 42.6 Å². The fourth-order valence-corrected chi connectivity index (χ4v) is 8.01. The fraction of sp³-hybridized carbons (Fsp3) is 0.444. The molecule has 3 aliphatic rings. The summed E-state index contributed by atoms with van der Waals surface area (Å²) in [4.78, 5) is 12.4. The summed E-state index contributed by atoms with van der Waals surface area (Å²) in [6.45, 7) is 1.74. The predicted octanol–water partition coefficient (Wildman–Crippen LogP) is 12.5. The van der Waals surface area contributed by atoms with Crippen LogP contribution in [0.1, 0.15) is 24.5 Å². The Morgan fingerprint density at radius 2 is 0.716 bits per heavy atom. The smallest absolute Gasteiger partial charge is 0.395 e. The third-order valence-corrected chi connectivity index (χ3v) is 12.9. The molecule has 0 amide bonds. The molecule has 0 bridgehead atoms. The first-order valence-electron chi connectivity index (χ1n) is 20.7. The Morgan fingerprint density at radius 1 is 0.432 bits per heavy atom. The summed E-state index contributed by atoms with van der Waals surface area (Å²) in [7, 11) is 3.16. The number of hydrogen-bond donors (Lipinski definition) is 0. The number of esters is 1. The molecule has 74 heavy (non-hydrogen) atoms. The van der Waals surface area contributed by atoms with Gasteiger partial charge in [-0.3, -0.25) is 4.79 Å². The summed E-state index contributed by atoms with van der Waals surface area (Å²) in [5.74, 6) is -78.7. The quantitative estimate of drug-likeness (QED) is 0.0544. The van der Waals surface area contributed by atoms with Gasteiger partial charge in [0.25, 0.3) is 0 Å². The van der Waals surface area contributed by atoms with Crippen molar-refractivity contribution in [3.8, 4) is 46.0 Å². The van der Waals surface area contributed by atoms with Gasteiger partial charge >= 0.3 is 76.6 Å². The van der Waals surface area contributed by atoms with Crippen molar-refractivity contribution in [1.82, 2.24) is 0 Å². The van der Waals surface area contributed by atoms with Crippen LogP contribution in [0.25, 0.3) is 0 Å². The third-order valence-electron chi connectivity index (χ3n) is 12.2. The number of aryl methyl sites for hydroxylation is 2. The molecule has 3 aliphatic carbocycles. The molecule has 7 unspecified atom stereocenters. The van der Waals surface area contributed by atoms with E-state index in [1.165, 1.54) is 0 Å². The molecule has 3 fully saturated rings. The van der Waals surface area contributed by atoms with Crippen molar-refractivity contribution in [2.45, 2.75) is 102 Å². The van der Waals surface area contributed by atoms with Gasteiger partial charge in [-0.2, -0.15) is 79.0 Å². The van der Waals surface area contributed by atoms with E-state index in [1.54, 1.807) is 0 Å². The van der Waals surface area contributed by atoms with Crippen LogP contribution in [-0.2, 0) is 16.0 Å². The molecule has 7 rings (SSSR count). The van der Waals surface area contributed by atoms with Crippen LogP contribution in [0, 0.1) is 6.92 Å². The molecule has 0 aromatic heterocycles. The molecular formula is C45H33BrF18O10. The summed E-state index contributed by atoms with van der Waals surface area (Å²) in [5, 5.41) is 0. The number of rotatable bonds is 18. The van der Waals surface area contributed by atoms with E-state index < -0.39 is 139 Å². The minimum Gasteiger partial charge on any atom is -0.497 e. The van der Waals surface area contributed by atoms with Gasteiger partial charge in [-0.25, -0.2) is 0 Å². The SMILES string of the molecule is COC(=O)C(C)(Br)CCc1cc(OC2(F)C(F)(F)C(F)(F)C2(F)Oc2ccc(OC3(F)C(F)(F)C(F)(F)C3(F)Oc3ccc(OC)cc3)cc2C)ccc1OC1(F)C(F)(F)C(F)(F)C1(F)Oc1ccc(OC)cc1. The minimum atomic E-state index is -6.29. The number of methoxy groups -OCH3 is 3. The first-order valence-corrected chi connectivity index (χ1v) is 21.5. The molecule has 0 saturated heterocycles. The van der Waals surface area contributed by atoms with Crippen molar-refractivity contribution in [3.63, 3.8) is 0 Å². The number of carbonyl (C=O) groups excluding carboxylic acids is 1. The highest BCUT2D eigenvalue weighted by atomic mass is 79.9. The Labute approximate surface area is 412 Å². The van der Waals surface area contributed by atoms with Crippen LogP contribution in [0.4, 0.5) is 79.0 Å². The lowest BCUT2D eigenvalue weighted by Gasteiger charge is -2.56. The number of carbonyl (C=O) groups is 1. The maximum absolute atomic E-state index is 16.5. The van der Waals surface area contributed by atoms with Crippen molar-refractivity contribution in [2.75, 3.05) is 21.3 Å². The van der Waals surface area contributed by atoms with E-state index in [2.05, 4.69) is 49.1 Å². The molecule has 0 heterocycles. The largest absolute Gasteiger partial charge is 0.497 e. The average Bonchev–Trinajstić information content (AvgIpc) is 3.33. The second kappa shape index (κ2) is 17.3. The second-order valence-electron chi connectivity index (χ2n) is 16.9. The van der Waals surface area contributed by atoms with Crippen LogP contribution in [0.15, 0.2) is 84.9 Å². The van der Waals surface area contributed by atoms with Crippen LogP contribution in [-0.4, -0.2) is 102 Å². The Morgan fingerprint density at radius 3 is 1.05 bits per heavy atom. The Bertz CT molecular complexity index is 2810. The van der Waals surface area contributed by atoms with E-state index >= 15 is 52.7 Å². The van der Waals surface area contributed by atoms with E-state index in [-0.39, 0.29) is 47.9 Å². The predicted molar refractivity (Wildman–Crippen MR) is 218 cm³/mol. The molecular weight excluding hydrogens is 1120 g/mol. The molecule has 0 radical (unpaired) electrons. The minimum absolute atomic E-state index is 0.00253. The first-order chi connectivity index (χ1) is 33.8. The molecule has 0 N–H and O–H groups in total. The topological polar surface area (TPSA) is 100 Å². The molecule has 10 nitrogen and oxygen atoms in total. The molecule has 4 aromatic carbocycles. The van der Waals surface area contributed by atoms with Crippen molar-refractivity contribution in [3.05, 3.63) is 96.1 Å². The van der Waals surface area contributed by atoms with Gasteiger partial charge in [0.15, 0.2) is 0 Å². The molecule has 4 aromatic rings. The van der Waals surface area contributed by atoms with Crippen molar-refractivity contribution >= 4 is 21.9 Å². The number of alkyl halides is 19. The normalized spacial score (nSPS) is 31.1. The highest BCUT2D eigenvalue weighted by Crippen LogP contribution is 2.71. The zero-order valence-electron chi connectivity index (χ0n) is 37.8. The van der Waals surface area contributed by atoms with Crippen LogP contribution < -0.4 is 37.9 Å². The van der Waals surface area contributed by atoms with E-state index in [9.17, 15) is 31.1 Å². The summed E-state index contributed by atoms with van der Waals surface area (Å²) in [6.07, 6.45) is -1.61. The van der Waals surface area contributed by atoms with Crippen molar-refractivity contribution < 1.29 is 126 Å². The number of ether oxygens (including phenoxy) is 9. The van der Waals surface area contributed by atoms with Crippen LogP contribution in [0.2, 0.25) is 0 Å². The van der Waals surface area contributed by atoms with E-state index in [4.69, 9.17) is 9.47 Å². The Hall–Kier alpha value is -6.03. The van der Waals surface area contributed by atoms with Crippen LogP contribution in [0.5, 0.6) is 46.0 Å². The highest BCUT2D eigenvalue weighted by Gasteiger charge is 3.05. The summed E-state index contributed by atoms with van der Waals surface area (Å²) in [6, 6.07) is 7.62. The van der Waals surface area contributed by atoms with E-state index in [0.29, 0.717) is 31.2 Å². The standard InChI is InChI=1S/C45H33BrF18O10/c1-22-20-28(71-41(60)35(49,50)34(47,48)40(41,59)69-26-10-6-24(66-3)7-11-26)14-16-30(22)73-44(63)38(55,56)37(53,54)43(44,62)72-29-15-17-31(23(21-29)18-19-33(2,46)32(65)68-5)74-45(64)39(57,58)36(51,52)42(45,61)70-27-12-8-25(67-4)9-13-27/h6-17,20-21H,18-19H2,1-5H3. The van der Waals surface area contributed by atoms with Gasteiger partial charge in [0, 0.05) is 0 Å². The third kappa shape index (κ3) is 7.25. The highest BCUT2D eigenvalue weighted by molar-refractivity contribution is 9.10. The summed E-state index contributed by atoms with van der Waals surface area (Å²) >= 11 is 2.94. The Balaban J connectivity index is 1.20. The molecule has 3 saturated carbocycles. The van der Waals surface area contributed by atoms with Gasteiger partial charge in [-0.1, -0.05) is 15.9 Å². The summed E-state index contributed by atoms with van der Waals surface area (Å²) < 4.78 is 315. The fourth-order valence-electron chi connectivity index (χ4n) is 7.65. The average molecular weight is 1160 g/mol.